The standard InChI is InChI=1S/C16H18ClN5O/c17-14-4-2-1-3-13(14)11-19-15-5-6-18-16(20-15)22-9-7-21(12-23)8-10-22/h1-6,12H,7-11H2,(H,18,19,20). The molecule has 0 radical (unpaired) electrons. The molecule has 0 saturated carbocycles. The molecule has 120 valence electrons. The lowest BCUT2D eigenvalue weighted by molar-refractivity contribution is -0.118. The van der Waals surface area contributed by atoms with Crippen molar-refractivity contribution in [3.8, 4) is 0 Å². The van der Waals surface area contributed by atoms with Gasteiger partial charge in [0.15, 0.2) is 0 Å². The fraction of sp³-hybridized carbons (Fsp3) is 0.312. The van der Waals surface area contributed by atoms with Crippen LogP contribution in [0.25, 0.3) is 0 Å². The second kappa shape index (κ2) is 7.28. The van der Waals surface area contributed by atoms with Gasteiger partial charge in [-0.1, -0.05) is 29.8 Å². The number of benzene rings is 1. The number of aromatic nitrogens is 2. The molecule has 0 bridgehead atoms. The van der Waals surface area contributed by atoms with Crippen LogP contribution in [-0.2, 0) is 11.3 Å². The molecule has 1 aliphatic rings. The molecule has 1 aromatic heterocycles. The smallest absolute Gasteiger partial charge is 0.227 e. The van der Waals surface area contributed by atoms with Crippen LogP contribution in [0, 0.1) is 0 Å². The van der Waals surface area contributed by atoms with E-state index in [1.165, 1.54) is 0 Å². The fourth-order valence-corrected chi connectivity index (χ4v) is 2.66. The summed E-state index contributed by atoms with van der Waals surface area (Å²) in [6.07, 6.45) is 2.63. The summed E-state index contributed by atoms with van der Waals surface area (Å²) in [5.74, 6) is 1.44. The zero-order valence-corrected chi connectivity index (χ0v) is 13.4. The molecule has 1 aliphatic heterocycles. The lowest BCUT2D eigenvalue weighted by Crippen LogP contribution is -2.46. The van der Waals surface area contributed by atoms with E-state index >= 15 is 0 Å². The van der Waals surface area contributed by atoms with Crippen LogP contribution in [-0.4, -0.2) is 47.5 Å². The summed E-state index contributed by atoms with van der Waals surface area (Å²) >= 11 is 6.16. The Balaban J connectivity index is 1.64. The van der Waals surface area contributed by atoms with Crippen molar-refractivity contribution in [3.63, 3.8) is 0 Å². The number of halogens is 1. The van der Waals surface area contributed by atoms with Gasteiger partial charge in [0.1, 0.15) is 5.82 Å². The van der Waals surface area contributed by atoms with Gasteiger partial charge in [-0.3, -0.25) is 4.79 Å². The van der Waals surface area contributed by atoms with Crippen molar-refractivity contribution in [2.24, 2.45) is 0 Å². The van der Waals surface area contributed by atoms with Crippen LogP contribution in [0.1, 0.15) is 5.56 Å². The van der Waals surface area contributed by atoms with Crippen LogP contribution in [0.15, 0.2) is 36.5 Å². The van der Waals surface area contributed by atoms with E-state index < -0.39 is 0 Å². The van der Waals surface area contributed by atoms with Crippen molar-refractivity contribution in [2.75, 3.05) is 36.4 Å². The molecule has 23 heavy (non-hydrogen) atoms. The number of hydrogen-bond donors (Lipinski definition) is 1. The second-order valence-corrected chi connectivity index (χ2v) is 5.72. The van der Waals surface area contributed by atoms with Crippen molar-refractivity contribution in [1.29, 1.82) is 0 Å². The Morgan fingerprint density at radius 2 is 1.96 bits per heavy atom. The van der Waals surface area contributed by atoms with E-state index in [-0.39, 0.29) is 0 Å². The van der Waals surface area contributed by atoms with E-state index in [9.17, 15) is 4.79 Å². The molecule has 0 spiro atoms. The normalized spacial score (nSPS) is 14.7. The number of carbonyl (C=O) groups excluding carboxylic acids is 1. The molecule has 7 heteroatoms. The van der Waals surface area contributed by atoms with Crippen molar-refractivity contribution in [2.45, 2.75) is 6.54 Å². The molecule has 1 aromatic carbocycles. The molecule has 0 aliphatic carbocycles. The Bertz CT molecular complexity index is 673. The van der Waals surface area contributed by atoms with Crippen molar-refractivity contribution in [1.82, 2.24) is 14.9 Å². The zero-order chi connectivity index (χ0) is 16.1. The van der Waals surface area contributed by atoms with Gasteiger partial charge in [0, 0.05) is 43.9 Å². The number of piperazine rings is 1. The van der Waals surface area contributed by atoms with E-state index in [2.05, 4.69) is 20.2 Å². The third kappa shape index (κ3) is 3.90. The maximum Gasteiger partial charge on any atom is 0.227 e. The first-order valence-electron chi connectivity index (χ1n) is 7.51. The van der Waals surface area contributed by atoms with Gasteiger partial charge in [-0.15, -0.1) is 0 Å². The van der Waals surface area contributed by atoms with Crippen LogP contribution in [0.4, 0.5) is 11.8 Å². The number of carbonyl (C=O) groups is 1. The van der Waals surface area contributed by atoms with Gasteiger partial charge < -0.3 is 15.1 Å². The maximum absolute atomic E-state index is 10.8. The van der Waals surface area contributed by atoms with Gasteiger partial charge in [0.25, 0.3) is 0 Å². The summed E-state index contributed by atoms with van der Waals surface area (Å²) in [4.78, 5) is 23.5. The molecule has 2 aromatic rings. The molecular weight excluding hydrogens is 314 g/mol. The van der Waals surface area contributed by atoms with Gasteiger partial charge in [0.05, 0.1) is 0 Å². The zero-order valence-electron chi connectivity index (χ0n) is 12.7. The van der Waals surface area contributed by atoms with Gasteiger partial charge in [-0.05, 0) is 17.7 Å². The SMILES string of the molecule is O=CN1CCN(c2nccc(NCc3ccccc3Cl)n2)CC1. The third-order valence-electron chi connectivity index (χ3n) is 3.81. The Labute approximate surface area is 140 Å². The monoisotopic (exact) mass is 331 g/mol. The summed E-state index contributed by atoms with van der Waals surface area (Å²) in [6.45, 7) is 3.49. The molecule has 1 N–H and O–H groups in total. The molecule has 1 amide bonds. The number of hydrogen-bond acceptors (Lipinski definition) is 5. The molecule has 6 nitrogen and oxygen atoms in total. The van der Waals surface area contributed by atoms with Gasteiger partial charge in [-0.25, -0.2) is 4.98 Å². The first-order valence-corrected chi connectivity index (χ1v) is 7.88. The van der Waals surface area contributed by atoms with E-state index in [1.54, 1.807) is 11.1 Å². The van der Waals surface area contributed by atoms with Gasteiger partial charge in [0.2, 0.25) is 12.4 Å². The van der Waals surface area contributed by atoms with Crippen LogP contribution in [0.2, 0.25) is 5.02 Å². The van der Waals surface area contributed by atoms with Crippen molar-refractivity contribution in [3.05, 3.63) is 47.1 Å². The summed E-state index contributed by atoms with van der Waals surface area (Å²) in [5, 5.41) is 4.01. The number of nitrogens with zero attached hydrogens (tertiary/aromatic N) is 4. The molecule has 0 unspecified atom stereocenters. The van der Waals surface area contributed by atoms with Crippen molar-refractivity contribution >= 4 is 29.8 Å². The minimum atomic E-state index is 0.606. The summed E-state index contributed by atoms with van der Waals surface area (Å²) in [7, 11) is 0. The minimum Gasteiger partial charge on any atom is -0.366 e. The fourth-order valence-electron chi connectivity index (χ4n) is 2.45. The molecule has 2 heterocycles. The summed E-state index contributed by atoms with van der Waals surface area (Å²) < 4.78 is 0. The number of rotatable bonds is 5. The Hall–Kier alpha value is -2.34. The highest BCUT2D eigenvalue weighted by Gasteiger charge is 2.17. The first-order chi connectivity index (χ1) is 11.3. The number of anilines is 2. The quantitative estimate of drug-likeness (QED) is 0.849. The second-order valence-electron chi connectivity index (χ2n) is 5.32. The lowest BCUT2D eigenvalue weighted by Gasteiger charge is -2.32. The Morgan fingerprint density at radius 1 is 1.17 bits per heavy atom. The average molecular weight is 332 g/mol. The minimum absolute atomic E-state index is 0.606. The Kier molecular flexibility index (Phi) is 4.92. The molecule has 1 saturated heterocycles. The molecule has 3 rings (SSSR count). The average Bonchev–Trinajstić information content (AvgIpc) is 2.61. The van der Waals surface area contributed by atoms with Crippen LogP contribution < -0.4 is 10.2 Å². The van der Waals surface area contributed by atoms with Crippen LogP contribution >= 0.6 is 11.6 Å². The van der Waals surface area contributed by atoms with Crippen LogP contribution in [0.5, 0.6) is 0 Å². The highest BCUT2D eigenvalue weighted by atomic mass is 35.5. The molecule has 1 fully saturated rings. The topological polar surface area (TPSA) is 61.4 Å². The van der Waals surface area contributed by atoms with E-state index in [0.717, 1.165) is 35.9 Å². The third-order valence-corrected chi connectivity index (χ3v) is 4.18. The summed E-state index contributed by atoms with van der Waals surface area (Å²) in [5.41, 5.74) is 1.02. The van der Waals surface area contributed by atoms with E-state index in [1.807, 2.05) is 30.3 Å². The highest BCUT2D eigenvalue weighted by molar-refractivity contribution is 6.31. The molecule has 0 atom stereocenters. The molecular formula is C16H18ClN5O. The number of nitrogens with one attached hydrogen (secondary N) is 1. The largest absolute Gasteiger partial charge is 0.366 e. The van der Waals surface area contributed by atoms with Gasteiger partial charge >= 0.3 is 0 Å². The van der Waals surface area contributed by atoms with E-state index in [0.29, 0.717) is 25.6 Å². The number of amides is 1. The van der Waals surface area contributed by atoms with Crippen molar-refractivity contribution < 1.29 is 4.79 Å². The first kappa shape index (κ1) is 15.6. The predicted molar refractivity (Wildman–Crippen MR) is 90.7 cm³/mol. The highest BCUT2D eigenvalue weighted by Crippen LogP contribution is 2.17. The predicted octanol–water partition coefficient (Wildman–Crippen LogP) is 2.02. The van der Waals surface area contributed by atoms with Crippen LogP contribution in [0.3, 0.4) is 0 Å². The lowest BCUT2D eigenvalue weighted by atomic mass is 10.2. The summed E-state index contributed by atoms with van der Waals surface area (Å²) in [6, 6.07) is 9.56. The van der Waals surface area contributed by atoms with E-state index in [4.69, 9.17) is 11.6 Å². The Morgan fingerprint density at radius 3 is 2.70 bits per heavy atom. The van der Waals surface area contributed by atoms with Gasteiger partial charge in [-0.2, -0.15) is 4.98 Å². The maximum atomic E-state index is 10.8.